The molecule has 0 fully saturated rings. The van der Waals surface area contributed by atoms with Crippen molar-refractivity contribution in [2.45, 2.75) is 31.8 Å². The van der Waals surface area contributed by atoms with Gasteiger partial charge >= 0.3 is 5.97 Å². The maximum atomic E-state index is 14.1. The monoisotopic (exact) mass is 438 g/mol. The van der Waals surface area contributed by atoms with E-state index in [0.29, 0.717) is 23.2 Å². The maximum Gasteiger partial charge on any atom is 0.338 e. The van der Waals surface area contributed by atoms with Gasteiger partial charge in [0.25, 0.3) is 0 Å². The van der Waals surface area contributed by atoms with Crippen molar-refractivity contribution in [1.82, 2.24) is 0 Å². The molecule has 6 heteroatoms. The van der Waals surface area contributed by atoms with Gasteiger partial charge in [0.05, 0.1) is 23.7 Å². The topological polar surface area (TPSA) is 52.6 Å². The van der Waals surface area contributed by atoms with Crippen LogP contribution in [0, 0.1) is 11.6 Å². The van der Waals surface area contributed by atoms with E-state index in [2.05, 4.69) is 0 Å². The Balaban J connectivity index is 2.00. The van der Waals surface area contributed by atoms with Crippen LogP contribution < -0.4 is 4.74 Å². The molecule has 1 unspecified atom stereocenters. The molecule has 32 heavy (non-hydrogen) atoms. The summed E-state index contributed by atoms with van der Waals surface area (Å²) in [7, 11) is 0. The highest BCUT2D eigenvalue weighted by Gasteiger charge is 2.38. The average Bonchev–Trinajstić information content (AvgIpc) is 2.79. The second-order valence-corrected chi connectivity index (χ2v) is 7.63. The van der Waals surface area contributed by atoms with E-state index in [1.54, 1.807) is 54.6 Å². The summed E-state index contributed by atoms with van der Waals surface area (Å²) in [6, 6.07) is 18.7. The van der Waals surface area contributed by atoms with E-state index < -0.39 is 23.0 Å². The first-order chi connectivity index (χ1) is 15.4. The lowest BCUT2D eigenvalue weighted by atomic mass is 9.73. The molecule has 3 aromatic rings. The Labute approximate surface area is 185 Å². The lowest BCUT2D eigenvalue weighted by molar-refractivity contribution is -0.112. The Bertz CT molecular complexity index is 1080. The van der Waals surface area contributed by atoms with E-state index in [4.69, 9.17) is 9.47 Å². The minimum Gasteiger partial charge on any atom is -0.491 e. The summed E-state index contributed by atoms with van der Waals surface area (Å²) in [6.45, 7) is 3.57. The Hall–Kier alpha value is -3.54. The molecule has 0 spiro atoms. The van der Waals surface area contributed by atoms with Crippen molar-refractivity contribution in [3.05, 3.63) is 101 Å². The van der Waals surface area contributed by atoms with Crippen LogP contribution in [0.15, 0.2) is 72.8 Å². The smallest absolute Gasteiger partial charge is 0.338 e. The van der Waals surface area contributed by atoms with Gasteiger partial charge in [0.15, 0.2) is 11.6 Å². The van der Waals surface area contributed by atoms with Gasteiger partial charge in [0.1, 0.15) is 12.0 Å². The summed E-state index contributed by atoms with van der Waals surface area (Å²) in [5.41, 5.74) is -0.329. The van der Waals surface area contributed by atoms with Crippen molar-refractivity contribution < 1.29 is 27.8 Å². The van der Waals surface area contributed by atoms with Gasteiger partial charge in [-0.2, -0.15) is 0 Å². The quantitative estimate of drug-likeness (QED) is 0.328. The van der Waals surface area contributed by atoms with Gasteiger partial charge < -0.3 is 14.3 Å². The molecule has 0 aliphatic rings. The Morgan fingerprint density at radius 1 is 0.969 bits per heavy atom. The fraction of sp³-hybridized carbons (Fsp3) is 0.231. The first-order valence-corrected chi connectivity index (χ1v) is 10.3. The summed E-state index contributed by atoms with van der Waals surface area (Å²) >= 11 is 0. The van der Waals surface area contributed by atoms with Gasteiger partial charge in [0, 0.05) is 12.0 Å². The van der Waals surface area contributed by atoms with Gasteiger partial charge in [-0.3, -0.25) is 0 Å². The molecule has 0 amide bonds. The summed E-state index contributed by atoms with van der Waals surface area (Å²) in [5, 5.41) is 0. The van der Waals surface area contributed by atoms with Crippen LogP contribution in [0.25, 0.3) is 0 Å². The second-order valence-electron chi connectivity index (χ2n) is 7.63. The number of aldehydes is 1. The lowest BCUT2D eigenvalue weighted by Gasteiger charge is -2.31. The Morgan fingerprint density at radius 3 is 2.31 bits per heavy atom. The zero-order valence-electron chi connectivity index (χ0n) is 17.9. The molecule has 1 atom stereocenters. The molecule has 0 saturated heterocycles. The van der Waals surface area contributed by atoms with Crippen molar-refractivity contribution in [2.24, 2.45) is 0 Å². The Kier molecular flexibility index (Phi) is 7.36. The van der Waals surface area contributed by atoms with Crippen molar-refractivity contribution in [1.29, 1.82) is 0 Å². The maximum absolute atomic E-state index is 14.1. The van der Waals surface area contributed by atoms with Crippen LogP contribution in [0.1, 0.15) is 41.8 Å². The van der Waals surface area contributed by atoms with Crippen molar-refractivity contribution in [3.63, 3.8) is 0 Å². The molecule has 0 aliphatic carbocycles. The van der Waals surface area contributed by atoms with Gasteiger partial charge in [-0.25, -0.2) is 13.6 Å². The predicted molar refractivity (Wildman–Crippen MR) is 117 cm³/mol. The number of rotatable bonds is 9. The highest BCUT2D eigenvalue weighted by Crippen LogP contribution is 2.40. The molecule has 0 aliphatic heterocycles. The molecular formula is C26H24F2O4. The summed E-state index contributed by atoms with van der Waals surface area (Å²) in [5.74, 6) is -2.19. The van der Waals surface area contributed by atoms with E-state index in [-0.39, 0.29) is 24.7 Å². The van der Waals surface area contributed by atoms with Crippen LogP contribution in [0.4, 0.5) is 8.78 Å². The second kappa shape index (κ2) is 10.2. The third-order valence-electron chi connectivity index (χ3n) is 5.11. The number of benzene rings is 3. The number of carbonyl (C=O) groups excluding carboxylic acids is 2. The number of halogens is 2. The van der Waals surface area contributed by atoms with Crippen LogP contribution in [0.3, 0.4) is 0 Å². The van der Waals surface area contributed by atoms with Crippen LogP contribution in [-0.4, -0.2) is 25.0 Å². The zero-order chi connectivity index (χ0) is 23.1. The van der Waals surface area contributed by atoms with Gasteiger partial charge in [0.2, 0.25) is 0 Å². The predicted octanol–water partition coefficient (Wildman–Crippen LogP) is 5.48. The van der Waals surface area contributed by atoms with Crippen molar-refractivity contribution >= 4 is 12.3 Å². The third-order valence-corrected chi connectivity index (χ3v) is 5.11. The zero-order valence-corrected chi connectivity index (χ0v) is 17.9. The highest BCUT2D eigenvalue weighted by atomic mass is 19.2. The standard InChI is InChI=1S/C26H24F2O4/c1-18(2)32-24-11-7-6-10-21(24)26(17-29,20-12-13-22(27)23(28)16-20)14-15-31-25(30)19-8-4-3-5-9-19/h3-13,16-18H,14-15H2,1-2H3. The molecule has 3 rings (SSSR count). The van der Waals surface area contributed by atoms with Crippen molar-refractivity contribution in [2.75, 3.05) is 6.61 Å². The van der Waals surface area contributed by atoms with Crippen LogP contribution >= 0.6 is 0 Å². The van der Waals surface area contributed by atoms with E-state index in [1.165, 1.54) is 6.07 Å². The van der Waals surface area contributed by atoms with E-state index in [0.717, 1.165) is 12.1 Å². The van der Waals surface area contributed by atoms with E-state index in [1.807, 2.05) is 13.8 Å². The molecular weight excluding hydrogens is 414 g/mol. The van der Waals surface area contributed by atoms with Crippen LogP contribution in [-0.2, 0) is 14.9 Å². The van der Waals surface area contributed by atoms with Crippen molar-refractivity contribution in [3.8, 4) is 5.75 Å². The summed E-state index contributed by atoms with van der Waals surface area (Å²) in [4.78, 5) is 25.0. The SMILES string of the molecule is CC(C)Oc1ccccc1C(C=O)(CCOC(=O)c1ccccc1)c1ccc(F)c(F)c1. The number of carbonyl (C=O) groups is 2. The minimum atomic E-state index is -1.42. The minimum absolute atomic E-state index is 0.0125. The number of ether oxygens (including phenoxy) is 2. The molecule has 0 radical (unpaired) electrons. The molecule has 0 bridgehead atoms. The van der Waals surface area contributed by atoms with E-state index in [9.17, 15) is 18.4 Å². The molecule has 0 saturated carbocycles. The fourth-order valence-corrected chi connectivity index (χ4v) is 3.55. The van der Waals surface area contributed by atoms with Gasteiger partial charge in [-0.05, 0) is 49.7 Å². The summed E-state index contributed by atoms with van der Waals surface area (Å²) < 4.78 is 39.1. The molecule has 4 nitrogen and oxygen atoms in total. The van der Waals surface area contributed by atoms with E-state index >= 15 is 0 Å². The molecule has 0 heterocycles. The molecule has 166 valence electrons. The number of hydrogen-bond donors (Lipinski definition) is 0. The molecule has 0 N–H and O–H groups in total. The largest absolute Gasteiger partial charge is 0.491 e. The first kappa shape index (κ1) is 23.1. The fourth-order valence-electron chi connectivity index (χ4n) is 3.55. The van der Waals surface area contributed by atoms with Crippen LogP contribution in [0.2, 0.25) is 0 Å². The Morgan fingerprint density at radius 2 is 1.66 bits per heavy atom. The van der Waals surface area contributed by atoms with Crippen LogP contribution in [0.5, 0.6) is 5.75 Å². The van der Waals surface area contributed by atoms with Gasteiger partial charge in [-0.15, -0.1) is 0 Å². The lowest BCUT2D eigenvalue weighted by Crippen LogP contribution is -2.33. The summed E-state index contributed by atoms with van der Waals surface area (Å²) in [6.07, 6.45) is 0.498. The first-order valence-electron chi connectivity index (χ1n) is 10.3. The number of para-hydroxylation sites is 1. The highest BCUT2D eigenvalue weighted by molar-refractivity contribution is 5.89. The molecule has 3 aromatic carbocycles. The average molecular weight is 438 g/mol. The normalized spacial score (nSPS) is 12.8. The number of esters is 1. The molecule has 0 aromatic heterocycles. The van der Waals surface area contributed by atoms with Gasteiger partial charge in [-0.1, -0.05) is 42.5 Å². The third kappa shape index (κ3) is 5.02. The number of hydrogen-bond acceptors (Lipinski definition) is 4.